The third-order valence-electron chi connectivity index (χ3n) is 3.90. The van der Waals surface area contributed by atoms with Gasteiger partial charge in [0.15, 0.2) is 0 Å². The zero-order chi connectivity index (χ0) is 15.6. The van der Waals surface area contributed by atoms with Gasteiger partial charge in [-0.05, 0) is 30.4 Å². The number of hydrogen-bond acceptors (Lipinski definition) is 5. The van der Waals surface area contributed by atoms with Crippen molar-refractivity contribution in [3.05, 3.63) is 33.9 Å². The summed E-state index contributed by atoms with van der Waals surface area (Å²) in [7, 11) is 1.34. The first-order valence-electron chi connectivity index (χ1n) is 7.08. The SMILES string of the molecule is COC(=O)C1CCCN1c1ccc(C(C)C)cc1[N+](=O)[O-]. The van der Waals surface area contributed by atoms with E-state index in [2.05, 4.69) is 0 Å². The molecule has 21 heavy (non-hydrogen) atoms. The summed E-state index contributed by atoms with van der Waals surface area (Å²) < 4.78 is 4.80. The Hall–Kier alpha value is -2.11. The van der Waals surface area contributed by atoms with E-state index in [9.17, 15) is 14.9 Å². The lowest BCUT2D eigenvalue weighted by Gasteiger charge is -2.24. The maximum atomic E-state index is 11.8. The zero-order valence-electron chi connectivity index (χ0n) is 12.5. The topological polar surface area (TPSA) is 72.7 Å². The molecule has 0 aromatic heterocycles. The summed E-state index contributed by atoms with van der Waals surface area (Å²) in [6.45, 7) is 4.61. The fourth-order valence-electron chi connectivity index (χ4n) is 2.72. The molecular formula is C15H20N2O4. The summed E-state index contributed by atoms with van der Waals surface area (Å²) >= 11 is 0. The Kier molecular flexibility index (Phi) is 4.45. The molecule has 0 spiro atoms. The van der Waals surface area contributed by atoms with Crippen LogP contribution in [0.15, 0.2) is 18.2 Å². The van der Waals surface area contributed by atoms with Gasteiger partial charge in [-0.1, -0.05) is 19.9 Å². The Morgan fingerprint density at radius 1 is 1.48 bits per heavy atom. The average Bonchev–Trinajstić information content (AvgIpc) is 2.94. The van der Waals surface area contributed by atoms with Crippen molar-refractivity contribution in [2.24, 2.45) is 0 Å². The van der Waals surface area contributed by atoms with E-state index in [1.165, 1.54) is 7.11 Å². The van der Waals surface area contributed by atoms with Gasteiger partial charge in [0.25, 0.3) is 5.69 Å². The standard InChI is InChI=1S/C15H20N2O4/c1-10(2)11-6-7-12(14(9-11)17(19)20)16-8-4-5-13(16)15(18)21-3/h6-7,9-10,13H,4-5,8H2,1-3H3. The Morgan fingerprint density at radius 2 is 2.19 bits per heavy atom. The highest BCUT2D eigenvalue weighted by Gasteiger charge is 2.35. The fraction of sp³-hybridized carbons (Fsp3) is 0.533. The predicted molar refractivity (Wildman–Crippen MR) is 79.6 cm³/mol. The molecule has 0 radical (unpaired) electrons. The molecule has 1 aromatic rings. The number of nitro groups is 1. The van der Waals surface area contributed by atoms with E-state index in [0.29, 0.717) is 18.7 Å². The molecule has 1 heterocycles. The summed E-state index contributed by atoms with van der Waals surface area (Å²) in [6.07, 6.45) is 1.48. The third-order valence-corrected chi connectivity index (χ3v) is 3.90. The molecule has 0 amide bonds. The van der Waals surface area contributed by atoms with Crippen LogP contribution in [0.3, 0.4) is 0 Å². The van der Waals surface area contributed by atoms with Crippen LogP contribution in [-0.4, -0.2) is 30.6 Å². The molecule has 0 N–H and O–H groups in total. The van der Waals surface area contributed by atoms with Crippen molar-refractivity contribution in [2.75, 3.05) is 18.6 Å². The molecule has 1 aliphatic heterocycles. The van der Waals surface area contributed by atoms with Crippen molar-refractivity contribution in [3.63, 3.8) is 0 Å². The monoisotopic (exact) mass is 292 g/mol. The smallest absolute Gasteiger partial charge is 0.328 e. The van der Waals surface area contributed by atoms with E-state index in [-0.39, 0.29) is 22.5 Å². The van der Waals surface area contributed by atoms with Crippen LogP contribution in [0.4, 0.5) is 11.4 Å². The molecular weight excluding hydrogens is 272 g/mol. The maximum absolute atomic E-state index is 11.8. The largest absolute Gasteiger partial charge is 0.467 e. The summed E-state index contributed by atoms with van der Waals surface area (Å²) in [5.74, 6) is -0.123. The van der Waals surface area contributed by atoms with E-state index in [0.717, 1.165) is 12.0 Å². The molecule has 1 saturated heterocycles. The number of carbonyl (C=O) groups excluding carboxylic acids is 1. The van der Waals surface area contributed by atoms with E-state index < -0.39 is 6.04 Å². The van der Waals surface area contributed by atoms with Crippen LogP contribution in [-0.2, 0) is 9.53 Å². The summed E-state index contributed by atoms with van der Waals surface area (Å²) in [5, 5.41) is 11.4. The molecule has 1 aliphatic rings. The van der Waals surface area contributed by atoms with Crippen LogP contribution < -0.4 is 4.90 Å². The van der Waals surface area contributed by atoms with Gasteiger partial charge >= 0.3 is 5.97 Å². The Bertz CT molecular complexity index is 557. The van der Waals surface area contributed by atoms with Gasteiger partial charge in [0, 0.05) is 12.6 Å². The Morgan fingerprint density at radius 3 is 2.76 bits per heavy atom. The number of carbonyl (C=O) groups is 1. The maximum Gasteiger partial charge on any atom is 0.328 e. The first-order valence-corrected chi connectivity index (χ1v) is 7.08. The average molecular weight is 292 g/mol. The molecule has 6 nitrogen and oxygen atoms in total. The number of rotatable bonds is 4. The highest BCUT2D eigenvalue weighted by atomic mass is 16.6. The highest BCUT2D eigenvalue weighted by molar-refractivity contribution is 5.82. The van der Waals surface area contributed by atoms with Gasteiger partial charge in [0.1, 0.15) is 11.7 Å². The third kappa shape index (κ3) is 2.99. The number of ether oxygens (including phenoxy) is 1. The lowest BCUT2D eigenvalue weighted by molar-refractivity contribution is -0.384. The molecule has 114 valence electrons. The van der Waals surface area contributed by atoms with Crippen molar-refractivity contribution in [1.29, 1.82) is 0 Å². The Balaban J connectivity index is 2.43. The minimum Gasteiger partial charge on any atom is -0.467 e. The molecule has 6 heteroatoms. The lowest BCUT2D eigenvalue weighted by Crippen LogP contribution is -2.37. The van der Waals surface area contributed by atoms with Gasteiger partial charge in [-0.25, -0.2) is 4.79 Å². The van der Waals surface area contributed by atoms with Gasteiger partial charge in [0.2, 0.25) is 0 Å². The van der Waals surface area contributed by atoms with Crippen molar-refractivity contribution in [1.82, 2.24) is 0 Å². The van der Waals surface area contributed by atoms with Crippen LogP contribution in [0.1, 0.15) is 38.2 Å². The van der Waals surface area contributed by atoms with Crippen LogP contribution in [0, 0.1) is 10.1 Å². The van der Waals surface area contributed by atoms with Crippen LogP contribution in [0.25, 0.3) is 0 Å². The number of anilines is 1. The van der Waals surface area contributed by atoms with Gasteiger partial charge in [-0.2, -0.15) is 0 Å². The lowest BCUT2D eigenvalue weighted by atomic mass is 10.0. The second-order valence-electron chi connectivity index (χ2n) is 5.53. The summed E-state index contributed by atoms with van der Waals surface area (Å²) in [5.41, 5.74) is 1.47. The van der Waals surface area contributed by atoms with Crippen LogP contribution >= 0.6 is 0 Å². The normalized spacial score (nSPS) is 18.1. The minimum absolute atomic E-state index is 0.0528. The van der Waals surface area contributed by atoms with Crippen LogP contribution in [0.5, 0.6) is 0 Å². The van der Waals surface area contributed by atoms with E-state index in [1.807, 2.05) is 19.9 Å². The number of benzene rings is 1. The van der Waals surface area contributed by atoms with Crippen molar-refractivity contribution in [2.45, 2.75) is 38.6 Å². The molecule has 2 rings (SSSR count). The van der Waals surface area contributed by atoms with Crippen molar-refractivity contribution in [3.8, 4) is 0 Å². The van der Waals surface area contributed by atoms with E-state index in [1.54, 1.807) is 17.0 Å². The highest BCUT2D eigenvalue weighted by Crippen LogP contribution is 2.36. The van der Waals surface area contributed by atoms with Gasteiger partial charge < -0.3 is 9.64 Å². The van der Waals surface area contributed by atoms with E-state index in [4.69, 9.17) is 4.74 Å². The second kappa shape index (κ2) is 6.11. The first-order chi connectivity index (χ1) is 9.95. The minimum atomic E-state index is -0.432. The second-order valence-corrected chi connectivity index (χ2v) is 5.53. The van der Waals surface area contributed by atoms with Gasteiger partial charge in [-0.3, -0.25) is 10.1 Å². The molecule has 1 aromatic carbocycles. The molecule has 0 saturated carbocycles. The molecule has 1 atom stereocenters. The van der Waals surface area contributed by atoms with Crippen molar-refractivity contribution < 1.29 is 14.5 Å². The van der Waals surface area contributed by atoms with Crippen molar-refractivity contribution >= 4 is 17.3 Å². The number of esters is 1. The molecule has 1 unspecified atom stereocenters. The number of hydrogen-bond donors (Lipinski definition) is 0. The summed E-state index contributed by atoms with van der Waals surface area (Å²) in [4.78, 5) is 24.6. The fourth-order valence-corrected chi connectivity index (χ4v) is 2.72. The predicted octanol–water partition coefficient (Wildman–Crippen LogP) is 2.86. The van der Waals surface area contributed by atoms with Crippen LogP contribution in [0.2, 0.25) is 0 Å². The van der Waals surface area contributed by atoms with E-state index >= 15 is 0 Å². The number of methoxy groups -OCH3 is 1. The molecule has 0 aliphatic carbocycles. The summed E-state index contributed by atoms with van der Waals surface area (Å²) in [6, 6.07) is 4.81. The Labute approximate surface area is 123 Å². The quantitative estimate of drug-likeness (QED) is 0.484. The zero-order valence-corrected chi connectivity index (χ0v) is 12.5. The first kappa shape index (κ1) is 15.3. The molecule has 1 fully saturated rings. The number of nitro benzene ring substituents is 1. The van der Waals surface area contributed by atoms with Gasteiger partial charge in [-0.15, -0.1) is 0 Å². The molecule has 0 bridgehead atoms. The van der Waals surface area contributed by atoms with Gasteiger partial charge in [0.05, 0.1) is 12.0 Å². The number of nitrogens with zero attached hydrogens (tertiary/aromatic N) is 2.